The maximum atomic E-state index is 12.8. The van der Waals surface area contributed by atoms with Crippen molar-refractivity contribution in [1.82, 2.24) is 9.80 Å². The molecule has 118 valence electrons. The van der Waals surface area contributed by atoms with E-state index in [0.717, 1.165) is 37.1 Å². The number of hydrogen-bond acceptors (Lipinski definition) is 3. The van der Waals surface area contributed by atoms with Crippen molar-refractivity contribution in [3.05, 3.63) is 35.4 Å². The van der Waals surface area contributed by atoms with Crippen molar-refractivity contribution in [1.29, 1.82) is 0 Å². The van der Waals surface area contributed by atoms with E-state index in [9.17, 15) is 9.59 Å². The number of hydrogen-bond donors (Lipinski definition) is 0. The molecule has 5 nitrogen and oxygen atoms in total. The van der Waals surface area contributed by atoms with Crippen molar-refractivity contribution >= 4 is 11.8 Å². The predicted octanol–water partition coefficient (Wildman–Crippen LogP) is 1.52. The molecular weight excluding hydrogens is 280 g/mol. The van der Waals surface area contributed by atoms with E-state index in [1.807, 2.05) is 36.1 Å². The first-order valence-corrected chi connectivity index (χ1v) is 7.80. The minimum Gasteiger partial charge on any atom is -0.356 e. The third kappa shape index (κ3) is 2.73. The molecule has 0 aliphatic carbocycles. The average molecular weight is 302 g/mol. The van der Waals surface area contributed by atoms with Gasteiger partial charge in [0.25, 0.3) is 5.91 Å². The zero-order valence-electron chi connectivity index (χ0n) is 13.1. The number of carbonyl (C=O) groups excluding carboxylic acids is 2. The summed E-state index contributed by atoms with van der Waals surface area (Å²) in [5.74, 6) is -0.0847. The Labute approximate surface area is 130 Å². The maximum Gasteiger partial charge on any atom is 0.254 e. The van der Waals surface area contributed by atoms with E-state index in [-0.39, 0.29) is 24.5 Å². The number of ether oxygens (including phenoxy) is 1. The zero-order chi connectivity index (χ0) is 15.7. The fourth-order valence-corrected chi connectivity index (χ4v) is 3.20. The summed E-state index contributed by atoms with van der Waals surface area (Å²) >= 11 is 0. The van der Waals surface area contributed by atoms with Gasteiger partial charge in [-0.3, -0.25) is 9.59 Å². The highest BCUT2D eigenvalue weighted by Gasteiger charge is 2.42. The van der Waals surface area contributed by atoms with Gasteiger partial charge in [0.15, 0.2) is 6.10 Å². The fourth-order valence-electron chi connectivity index (χ4n) is 3.20. The molecule has 1 aromatic carbocycles. The van der Waals surface area contributed by atoms with E-state index in [4.69, 9.17) is 4.74 Å². The Morgan fingerprint density at radius 3 is 2.45 bits per heavy atom. The second-order valence-electron chi connectivity index (χ2n) is 6.12. The normalized spacial score (nSPS) is 25.6. The highest BCUT2D eigenvalue weighted by molar-refractivity contribution is 5.86. The van der Waals surface area contributed by atoms with Crippen LogP contribution in [0.15, 0.2) is 24.3 Å². The van der Waals surface area contributed by atoms with Gasteiger partial charge >= 0.3 is 0 Å². The van der Waals surface area contributed by atoms with Crippen LogP contribution in [-0.2, 0) is 14.3 Å². The highest BCUT2D eigenvalue weighted by atomic mass is 16.5. The topological polar surface area (TPSA) is 49.9 Å². The average Bonchev–Trinajstić information content (AvgIpc) is 3.05. The Morgan fingerprint density at radius 1 is 1.18 bits per heavy atom. The summed E-state index contributed by atoms with van der Waals surface area (Å²) in [5.41, 5.74) is 2.09. The summed E-state index contributed by atoms with van der Waals surface area (Å²) in [6, 6.07) is 7.60. The van der Waals surface area contributed by atoms with Gasteiger partial charge in [-0.25, -0.2) is 0 Å². The van der Waals surface area contributed by atoms with Gasteiger partial charge in [-0.05, 0) is 25.3 Å². The molecule has 2 aliphatic heterocycles. The zero-order valence-corrected chi connectivity index (χ0v) is 13.1. The van der Waals surface area contributed by atoms with Crippen LogP contribution >= 0.6 is 0 Å². The van der Waals surface area contributed by atoms with Crippen LogP contribution in [0.2, 0.25) is 0 Å². The molecule has 22 heavy (non-hydrogen) atoms. The number of morpholine rings is 1. The number of benzene rings is 1. The lowest BCUT2D eigenvalue weighted by molar-refractivity contribution is -0.166. The van der Waals surface area contributed by atoms with E-state index < -0.39 is 6.10 Å². The molecule has 0 saturated carbocycles. The maximum absolute atomic E-state index is 12.8. The highest BCUT2D eigenvalue weighted by Crippen LogP contribution is 2.31. The van der Waals surface area contributed by atoms with Gasteiger partial charge in [0.05, 0.1) is 6.04 Å². The Hall–Kier alpha value is -1.88. The first-order chi connectivity index (χ1) is 10.6. The number of carbonyl (C=O) groups is 2. The third-order valence-electron chi connectivity index (χ3n) is 4.56. The molecule has 0 bridgehead atoms. The van der Waals surface area contributed by atoms with Crippen molar-refractivity contribution in [2.45, 2.75) is 31.9 Å². The van der Waals surface area contributed by atoms with Gasteiger partial charge in [-0.2, -0.15) is 0 Å². The molecule has 2 amide bonds. The van der Waals surface area contributed by atoms with E-state index in [0.29, 0.717) is 0 Å². The first kappa shape index (κ1) is 15.0. The molecule has 0 aromatic heterocycles. The minimum absolute atomic E-state index is 0.00225. The van der Waals surface area contributed by atoms with Gasteiger partial charge in [-0.1, -0.05) is 29.8 Å². The molecule has 2 aliphatic rings. The summed E-state index contributed by atoms with van der Waals surface area (Å²) in [5, 5.41) is 0. The van der Waals surface area contributed by atoms with Crippen molar-refractivity contribution in [2.24, 2.45) is 0 Å². The number of likely N-dealkylation sites (tertiary alicyclic amines) is 1. The summed E-state index contributed by atoms with van der Waals surface area (Å²) in [6.45, 7) is 3.57. The van der Waals surface area contributed by atoms with Crippen LogP contribution in [0.5, 0.6) is 0 Å². The Balaban J connectivity index is 1.90. The van der Waals surface area contributed by atoms with Crippen molar-refractivity contribution in [3.63, 3.8) is 0 Å². The van der Waals surface area contributed by atoms with Gasteiger partial charge in [0.1, 0.15) is 6.61 Å². The summed E-state index contributed by atoms with van der Waals surface area (Å²) in [7, 11) is 1.75. The molecular formula is C17H22N2O3. The standard InChI is InChI=1S/C17H22N2O3/c1-12-5-7-13(8-6-12)15-16(22-11-14(20)18(15)2)17(21)19-9-3-4-10-19/h5-8,15-16H,3-4,9-11H2,1-2H3/t15-,16-/m1/s1. The minimum atomic E-state index is -0.608. The van der Waals surface area contributed by atoms with Gasteiger partial charge < -0.3 is 14.5 Å². The van der Waals surface area contributed by atoms with Crippen LogP contribution in [-0.4, -0.2) is 54.5 Å². The third-order valence-corrected chi connectivity index (χ3v) is 4.56. The van der Waals surface area contributed by atoms with Crippen molar-refractivity contribution in [3.8, 4) is 0 Å². The SMILES string of the molecule is Cc1ccc([C@@H]2[C@H](C(=O)N3CCCC3)OCC(=O)N2C)cc1. The summed E-state index contributed by atoms with van der Waals surface area (Å²) < 4.78 is 5.65. The van der Waals surface area contributed by atoms with Crippen LogP contribution in [0, 0.1) is 6.92 Å². The van der Waals surface area contributed by atoms with Gasteiger partial charge in [-0.15, -0.1) is 0 Å². The Kier molecular flexibility index (Phi) is 4.16. The summed E-state index contributed by atoms with van der Waals surface area (Å²) in [4.78, 5) is 28.3. The molecule has 2 atom stereocenters. The molecule has 3 rings (SSSR count). The molecule has 1 aromatic rings. The number of aryl methyl sites for hydroxylation is 1. The molecule has 0 spiro atoms. The number of amides is 2. The van der Waals surface area contributed by atoms with Crippen LogP contribution in [0.1, 0.15) is 30.0 Å². The molecule has 0 N–H and O–H groups in total. The van der Waals surface area contributed by atoms with Crippen molar-refractivity contribution < 1.29 is 14.3 Å². The van der Waals surface area contributed by atoms with E-state index in [1.165, 1.54) is 0 Å². The fraction of sp³-hybridized carbons (Fsp3) is 0.529. The van der Waals surface area contributed by atoms with E-state index >= 15 is 0 Å². The molecule has 2 heterocycles. The lowest BCUT2D eigenvalue weighted by atomic mass is 9.96. The van der Waals surface area contributed by atoms with Crippen LogP contribution in [0.25, 0.3) is 0 Å². The first-order valence-electron chi connectivity index (χ1n) is 7.80. The van der Waals surface area contributed by atoms with Crippen LogP contribution < -0.4 is 0 Å². The predicted molar refractivity (Wildman–Crippen MR) is 82.2 cm³/mol. The van der Waals surface area contributed by atoms with E-state index in [2.05, 4.69) is 0 Å². The molecule has 2 saturated heterocycles. The smallest absolute Gasteiger partial charge is 0.254 e. The van der Waals surface area contributed by atoms with Gasteiger partial charge in [0, 0.05) is 20.1 Å². The molecule has 0 unspecified atom stereocenters. The van der Waals surface area contributed by atoms with E-state index in [1.54, 1.807) is 11.9 Å². The number of nitrogens with zero attached hydrogens (tertiary/aromatic N) is 2. The monoisotopic (exact) mass is 302 g/mol. The Bertz CT molecular complexity index is 564. The molecule has 2 fully saturated rings. The lowest BCUT2D eigenvalue weighted by Gasteiger charge is -2.39. The lowest BCUT2D eigenvalue weighted by Crippen LogP contribution is -2.53. The molecule has 5 heteroatoms. The second kappa shape index (κ2) is 6.08. The number of likely N-dealkylation sites (N-methyl/N-ethyl adjacent to an activating group) is 1. The molecule has 0 radical (unpaired) electrons. The number of rotatable bonds is 2. The van der Waals surface area contributed by atoms with Gasteiger partial charge in [0.2, 0.25) is 5.91 Å². The van der Waals surface area contributed by atoms with Crippen molar-refractivity contribution in [2.75, 3.05) is 26.7 Å². The largest absolute Gasteiger partial charge is 0.356 e. The quantitative estimate of drug-likeness (QED) is 0.832. The van der Waals surface area contributed by atoms with Crippen LogP contribution in [0.3, 0.4) is 0 Å². The second-order valence-corrected chi connectivity index (χ2v) is 6.12. The van der Waals surface area contributed by atoms with Crippen LogP contribution in [0.4, 0.5) is 0 Å². The summed E-state index contributed by atoms with van der Waals surface area (Å²) in [6.07, 6.45) is 1.48. The Morgan fingerprint density at radius 2 is 1.82 bits per heavy atom.